The van der Waals surface area contributed by atoms with Crippen LogP contribution in [0.25, 0.3) is 0 Å². The molecule has 0 saturated carbocycles. The van der Waals surface area contributed by atoms with Gasteiger partial charge in [-0.3, -0.25) is 24.0 Å². The Morgan fingerprint density at radius 2 is 1.50 bits per heavy atom. The summed E-state index contributed by atoms with van der Waals surface area (Å²) in [7, 11) is 0. The summed E-state index contributed by atoms with van der Waals surface area (Å²) in [6.45, 7) is 0.659. The molecule has 13 heteroatoms. The Hall–Kier alpha value is -4.00. The lowest BCUT2D eigenvalue weighted by Gasteiger charge is -2.25. The average Bonchev–Trinajstić information content (AvgIpc) is 3.36. The third-order valence-electron chi connectivity index (χ3n) is 5.57. The van der Waals surface area contributed by atoms with Gasteiger partial charge in [0, 0.05) is 12.8 Å². The maximum Gasteiger partial charge on any atom is 0.326 e. The van der Waals surface area contributed by atoms with Gasteiger partial charge < -0.3 is 36.6 Å². The van der Waals surface area contributed by atoms with Gasteiger partial charge in [-0.05, 0) is 31.4 Å². The number of nitrogens with one attached hydrogen (secondary N) is 4. The van der Waals surface area contributed by atoms with E-state index in [0.29, 0.717) is 13.0 Å². The molecule has 1 aromatic carbocycles. The van der Waals surface area contributed by atoms with E-state index in [2.05, 4.69) is 16.0 Å². The first-order chi connectivity index (χ1) is 17.1. The predicted molar refractivity (Wildman–Crippen MR) is 124 cm³/mol. The van der Waals surface area contributed by atoms with Crippen molar-refractivity contribution in [3.8, 4) is 0 Å². The molecule has 13 nitrogen and oxygen atoms in total. The predicted octanol–water partition coefficient (Wildman–Crippen LogP) is -1.14. The quantitative estimate of drug-likeness (QED) is 0.161. The molecule has 1 saturated heterocycles. The Bertz CT molecular complexity index is 964. The van der Waals surface area contributed by atoms with Gasteiger partial charge >= 0.3 is 17.9 Å². The Morgan fingerprint density at radius 1 is 0.861 bits per heavy atom. The number of rotatable bonds is 14. The van der Waals surface area contributed by atoms with Crippen molar-refractivity contribution in [2.24, 2.45) is 0 Å². The topological polar surface area (TPSA) is 211 Å². The molecule has 7 N–H and O–H groups in total. The summed E-state index contributed by atoms with van der Waals surface area (Å²) in [5.74, 6) is -6.57. The summed E-state index contributed by atoms with van der Waals surface area (Å²) in [6.07, 6.45) is -0.363. The Balaban J connectivity index is 2.20. The van der Waals surface area contributed by atoms with Crippen LogP contribution in [0.2, 0.25) is 0 Å². The molecule has 0 spiro atoms. The van der Waals surface area contributed by atoms with Gasteiger partial charge in [-0.25, -0.2) is 4.79 Å². The second-order valence-electron chi connectivity index (χ2n) is 8.39. The van der Waals surface area contributed by atoms with Crippen LogP contribution >= 0.6 is 0 Å². The van der Waals surface area contributed by atoms with E-state index in [1.54, 1.807) is 30.3 Å². The summed E-state index contributed by atoms with van der Waals surface area (Å²) >= 11 is 0. The van der Waals surface area contributed by atoms with Gasteiger partial charge in [0.1, 0.15) is 18.1 Å². The Labute approximate surface area is 206 Å². The van der Waals surface area contributed by atoms with E-state index >= 15 is 0 Å². The van der Waals surface area contributed by atoms with E-state index in [1.165, 1.54) is 0 Å². The van der Waals surface area contributed by atoms with Crippen LogP contribution in [0, 0.1) is 0 Å². The van der Waals surface area contributed by atoms with E-state index < -0.39 is 72.6 Å². The molecule has 0 aromatic heterocycles. The molecule has 4 unspecified atom stereocenters. The SMILES string of the molecule is O=C(O)CCC(NC(=O)C(Cc1ccccc1)NC(=O)C1CCCN1)C(=O)NC(CC(=O)O)C(=O)O. The number of hydrogen-bond donors (Lipinski definition) is 7. The lowest BCUT2D eigenvalue weighted by molar-refractivity contribution is -0.147. The first kappa shape index (κ1) is 28.2. The van der Waals surface area contributed by atoms with Gasteiger partial charge in [0.05, 0.1) is 12.5 Å². The van der Waals surface area contributed by atoms with Gasteiger partial charge in [-0.2, -0.15) is 0 Å². The smallest absolute Gasteiger partial charge is 0.326 e. The molecule has 0 bridgehead atoms. The zero-order chi connectivity index (χ0) is 26.7. The summed E-state index contributed by atoms with van der Waals surface area (Å²) < 4.78 is 0. The zero-order valence-electron chi connectivity index (χ0n) is 19.4. The van der Waals surface area contributed by atoms with Crippen LogP contribution < -0.4 is 21.3 Å². The molecule has 1 heterocycles. The van der Waals surface area contributed by atoms with Crippen LogP contribution in [0.3, 0.4) is 0 Å². The van der Waals surface area contributed by atoms with Crippen molar-refractivity contribution in [3.63, 3.8) is 0 Å². The molecule has 1 fully saturated rings. The summed E-state index contributed by atoms with van der Waals surface area (Å²) in [5, 5.41) is 37.2. The van der Waals surface area contributed by atoms with Crippen molar-refractivity contribution in [3.05, 3.63) is 35.9 Å². The Morgan fingerprint density at radius 3 is 2.06 bits per heavy atom. The molecule has 4 atom stereocenters. The molecule has 1 aliphatic heterocycles. The lowest BCUT2D eigenvalue weighted by atomic mass is 10.0. The molecule has 36 heavy (non-hydrogen) atoms. The molecule has 3 amide bonds. The maximum absolute atomic E-state index is 13.2. The van der Waals surface area contributed by atoms with Crippen LogP contribution in [0.5, 0.6) is 0 Å². The summed E-state index contributed by atoms with van der Waals surface area (Å²) in [6, 6.07) is 3.92. The fraction of sp³-hybridized carbons (Fsp3) is 0.478. The molecular formula is C23H30N4O9. The van der Waals surface area contributed by atoms with Crippen molar-refractivity contribution in [2.75, 3.05) is 6.54 Å². The number of carboxylic acid groups (broad SMARTS) is 3. The first-order valence-corrected chi connectivity index (χ1v) is 11.4. The van der Waals surface area contributed by atoms with Crippen molar-refractivity contribution in [1.29, 1.82) is 0 Å². The largest absolute Gasteiger partial charge is 0.481 e. The maximum atomic E-state index is 13.2. The van der Waals surface area contributed by atoms with Gasteiger partial charge in [0.2, 0.25) is 17.7 Å². The molecule has 0 aliphatic carbocycles. The number of amides is 3. The van der Waals surface area contributed by atoms with Gasteiger partial charge in [0.15, 0.2) is 0 Å². The summed E-state index contributed by atoms with van der Waals surface area (Å²) in [5.41, 5.74) is 0.719. The third kappa shape index (κ3) is 9.33. The number of aliphatic carboxylic acids is 3. The lowest BCUT2D eigenvalue weighted by Crippen LogP contribution is -2.57. The molecule has 2 rings (SSSR count). The normalized spacial score (nSPS) is 17.3. The molecular weight excluding hydrogens is 476 g/mol. The minimum Gasteiger partial charge on any atom is -0.481 e. The molecule has 1 aromatic rings. The fourth-order valence-corrected chi connectivity index (χ4v) is 3.70. The number of hydrogen-bond acceptors (Lipinski definition) is 7. The second-order valence-corrected chi connectivity index (χ2v) is 8.39. The minimum absolute atomic E-state index is 0.0785. The number of carbonyl (C=O) groups excluding carboxylic acids is 3. The minimum atomic E-state index is -1.78. The van der Waals surface area contributed by atoms with Crippen LogP contribution in [-0.4, -0.2) is 81.7 Å². The van der Waals surface area contributed by atoms with Crippen molar-refractivity contribution in [2.45, 2.75) is 62.7 Å². The van der Waals surface area contributed by atoms with Crippen LogP contribution in [0.15, 0.2) is 30.3 Å². The highest BCUT2D eigenvalue weighted by Crippen LogP contribution is 2.09. The zero-order valence-corrected chi connectivity index (χ0v) is 19.4. The number of carbonyl (C=O) groups is 6. The first-order valence-electron chi connectivity index (χ1n) is 11.4. The van der Waals surface area contributed by atoms with Crippen molar-refractivity contribution < 1.29 is 44.1 Å². The highest BCUT2D eigenvalue weighted by atomic mass is 16.4. The standard InChI is InChI=1S/C23H30N4O9/c28-18(29)9-8-15(21(33)27-17(23(35)36)12-19(30)31)25-22(34)16(11-13-5-2-1-3-6-13)26-20(32)14-7-4-10-24-14/h1-3,5-6,14-17,24H,4,7-12H2,(H,25,34)(H,26,32)(H,27,33)(H,28,29)(H,30,31)(H,35,36). The van der Waals surface area contributed by atoms with Crippen molar-refractivity contribution >= 4 is 35.6 Å². The summed E-state index contributed by atoms with van der Waals surface area (Å²) in [4.78, 5) is 71.9. The van der Waals surface area contributed by atoms with Gasteiger partial charge in [-0.15, -0.1) is 0 Å². The molecule has 1 aliphatic rings. The number of carboxylic acids is 3. The highest BCUT2D eigenvalue weighted by Gasteiger charge is 2.32. The van der Waals surface area contributed by atoms with E-state index in [0.717, 1.165) is 12.0 Å². The fourth-order valence-electron chi connectivity index (χ4n) is 3.70. The van der Waals surface area contributed by atoms with Gasteiger partial charge in [-0.1, -0.05) is 30.3 Å². The molecule has 196 valence electrons. The van der Waals surface area contributed by atoms with E-state index in [9.17, 15) is 33.9 Å². The van der Waals surface area contributed by atoms with E-state index in [4.69, 9.17) is 10.2 Å². The van der Waals surface area contributed by atoms with E-state index in [-0.39, 0.29) is 12.8 Å². The monoisotopic (exact) mass is 506 g/mol. The van der Waals surface area contributed by atoms with Crippen LogP contribution in [-0.2, 0) is 35.2 Å². The highest BCUT2D eigenvalue weighted by molar-refractivity contribution is 5.95. The van der Waals surface area contributed by atoms with Crippen LogP contribution in [0.1, 0.15) is 37.7 Å². The Kier molecular flexibility index (Phi) is 10.8. The van der Waals surface area contributed by atoms with E-state index in [1.807, 2.05) is 5.32 Å². The third-order valence-corrected chi connectivity index (χ3v) is 5.57. The van der Waals surface area contributed by atoms with Gasteiger partial charge in [0.25, 0.3) is 0 Å². The average molecular weight is 507 g/mol. The molecule has 0 radical (unpaired) electrons. The second kappa shape index (κ2) is 13.8. The van der Waals surface area contributed by atoms with Crippen molar-refractivity contribution in [1.82, 2.24) is 21.3 Å². The van der Waals surface area contributed by atoms with Crippen LogP contribution in [0.4, 0.5) is 0 Å². The number of benzene rings is 1.